The van der Waals surface area contributed by atoms with Crippen molar-refractivity contribution in [3.8, 4) is 5.75 Å². The summed E-state index contributed by atoms with van der Waals surface area (Å²) in [6.45, 7) is 2.49. The fourth-order valence-corrected chi connectivity index (χ4v) is 1.96. The molecular weight excluding hydrogens is 234 g/mol. The molecule has 0 fully saturated rings. The first kappa shape index (κ1) is 13.9. The van der Waals surface area contributed by atoms with Gasteiger partial charge in [-0.25, -0.2) is 0 Å². The Morgan fingerprint density at radius 1 is 1.41 bits per heavy atom. The van der Waals surface area contributed by atoms with Gasteiger partial charge in [-0.05, 0) is 55.5 Å². The third-order valence-corrected chi connectivity index (χ3v) is 3.22. The van der Waals surface area contributed by atoms with Gasteiger partial charge >= 0.3 is 0 Å². The minimum Gasteiger partial charge on any atom is -0.508 e. The molecule has 0 aromatic heterocycles. The van der Waals surface area contributed by atoms with E-state index in [1.54, 1.807) is 25.1 Å². The first-order valence-electron chi connectivity index (χ1n) is 5.72. The van der Waals surface area contributed by atoms with Gasteiger partial charge in [-0.1, -0.05) is 0 Å². The number of carbonyl (C=O) groups is 1. The van der Waals surface area contributed by atoms with Crippen molar-refractivity contribution in [2.24, 2.45) is 0 Å². The number of nitrogens with one attached hydrogen (secondary N) is 1. The average molecular weight is 253 g/mol. The SMILES string of the molecule is CSCCCCNC(=O)c1ccc(O)c(C)c1. The summed E-state index contributed by atoms with van der Waals surface area (Å²) in [5, 5.41) is 12.2. The molecule has 94 valence electrons. The zero-order valence-corrected chi connectivity index (χ0v) is 11.1. The predicted molar refractivity (Wildman–Crippen MR) is 72.8 cm³/mol. The number of aryl methyl sites for hydroxylation is 1. The molecule has 0 atom stereocenters. The van der Waals surface area contributed by atoms with Gasteiger partial charge in [-0.3, -0.25) is 4.79 Å². The number of hydrogen-bond donors (Lipinski definition) is 2. The van der Waals surface area contributed by atoms with E-state index in [1.807, 2.05) is 11.8 Å². The first-order chi connectivity index (χ1) is 8.15. The van der Waals surface area contributed by atoms with Gasteiger partial charge in [-0.15, -0.1) is 0 Å². The van der Waals surface area contributed by atoms with E-state index >= 15 is 0 Å². The Balaban J connectivity index is 2.39. The van der Waals surface area contributed by atoms with Crippen molar-refractivity contribution < 1.29 is 9.90 Å². The van der Waals surface area contributed by atoms with Crippen molar-refractivity contribution in [2.75, 3.05) is 18.6 Å². The van der Waals surface area contributed by atoms with Crippen LogP contribution in [0.5, 0.6) is 5.75 Å². The number of unbranched alkanes of at least 4 members (excludes halogenated alkanes) is 1. The van der Waals surface area contributed by atoms with E-state index in [9.17, 15) is 9.90 Å². The molecule has 0 aliphatic rings. The lowest BCUT2D eigenvalue weighted by atomic mass is 10.1. The number of phenols is 1. The van der Waals surface area contributed by atoms with Gasteiger partial charge in [0.2, 0.25) is 0 Å². The third-order valence-electron chi connectivity index (χ3n) is 2.52. The second kappa shape index (κ2) is 7.22. The van der Waals surface area contributed by atoms with Crippen LogP contribution in [0.25, 0.3) is 0 Å². The number of benzene rings is 1. The molecular formula is C13H19NO2S. The Bertz CT molecular complexity index is 380. The lowest BCUT2D eigenvalue weighted by Crippen LogP contribution is -2.24. The maximum absolute atomic E-state index is 11.7. The molecule has 0 saturated heterocycles. The van der Waals surface area contributed by atoms with E-state index in [0.29, 0.717) is 12.1 Å². The summed E-state index contributed by atoms with van der Waals surface area (Å²) in [5.74, 6) is 1.28. The molecule has 0 spiro atoms. The van der Waals surface area contributed by atoms with Crippen molar-refractivity contribution in [1.82, 2.24) is 5.32 Å². The molecule has 17 heavy (non-hydrogen) atoms. The number of thioether (sulfide) groups is 1. The van der Waals surface area contributed by atoms with E-state index < -0.39 is 0 Å². The summed E-state index contributed by atoms with van der Waals surface area (Å²) in [5.41, 5.74) is 1.32. The zero-order valence-electron chi connectivity index (χ0n) is 10.3. The van der Waals surface area contributed by atoms with E-state index in [1.165, 1.54) is 0 Å². The van der Waals surface area contributed by atoms with Gasteiger partial charge < -0.3 is 10.4 Å². The molecule has 2 N–H and O–H groups in total. The number of aromatic hydroxyl groups is 1. The third kappa shape index (κ3) is 4.69. The van der Waals surface area contributed by atoms with Crippen LogP contribution in [0.2, 0.25) is 0 Å². The summed E-state index contributed by atoms with van der Waals surface area (Å²) >= 11 is 1.82. The second-order valence-electron chi connectivity index (χ2n) is 3.96. The quantitative estimate of drug-likeness (QED) is 0.766. The molecule has 0 aliphatic heterocycles. The van der Waals surface area contributed by atoms with Crippen LogP contribution in [0.15, 0.2) is 18.2 Å². The van der Waals surface area contributed by atoms with Crippen LogP contribution in [-0.2, 0) is 0 Å². The lowest BCUT2D eigenvalue weighted by molar-refractivity contribution is 0.0953. The van der Waals surface area contributed by atoms with Crippen molar-refractivity contribution in [3.63, 3.8) is 0 Å². The molecule has 1 amide bonds. The number of carbonyl (C=O) groups excluding carboxylic acids is 1. The Morgan fingerprint density at radius 3 is 2.82 bits per heavy atom. The summed E-state index contributed by atoms with van der Waals surface area (Å²) < 4.78 is 0. The lowest BCUT2D eigenvalue weighted by Gasteiger charge is -2.06. The monoisotopic (exact) mass is 253 g/mol. The summed E-state index contributed by atoms with van der Waals surface area (Å²) in [4.78, 5) is 11.7. The molecule has 0 saturated carbocycles. The topological polar surface area (TPSA) is 49.3 Å². The smallest absolute Gasteiger partial charge is 0.251 e. The Kier molecular flexibility index (Phi) is 5.91. The van der Waals surface area contributed by atoms with Crippen LogP contribution in [0, 0.1) is 6.92 Å². The van der Waals surface area contributed by atoms with Crippen molar-refractivity contribution in [1.29, 1.82) is 0 Å². The van der Waals surface area contributed by atoms with Gasteiger partial charge in [0.1, 0.15) is 5.75 Å². The standard InChI is InChI=1S/C13H19NO2S/c1-10-9-11(5-6-12(10)15)13(16)14-7-3-4-8-17-2/h5-6,9,15H,3-4,7-8H2,1-2H3,(H,14,16). The number of rotatable bonds is 6. The van der Waals surface area contributed by atoms with Crippen molar-refractivity contribution in [3.05, 3.63) is 29.3 Å². The van der Waals surface area contributed by atoms with Crippen LogP contribution in [0.3, 0.4) is 0 Å². The largest absolute Gasteiger partial charge is 0.508 e. The first-order valence-corrected chi connectivity index (χ1v) is 7.11. The van der Waals surface area contributed by atoms with E-state index in [4.69, 9.17) is 0 Å². The molecule has 3 nitrogen and oxygen atoms in total. The Morgan fingerprint density at radius 2 is 2.18 bits per heavy atom. The molecule has 0 aliphatic carbocycles. The van der Waals surface area contributed by atoms with Crippen LogP contribution < -0.4 is 5.32 Å². The Hall–Kier alpha value is -1.16. The Labute approximate surface area is 107 Å². The number of phenolic OH excluding ortho intramolecular Hbond substituents is 1. The summed E-state index contributed by atoms with van der Waals surface area (Å²) in [6, 6.07) is 4.89. The van der Waals surface area contributed by atoms with Crippen molar-refractivity contribution >= 4 is 17.7 Å². The van der Waals surface area contributed by atoms with Crippen LogP contribution in [0.1, 0.15) is 28.8 Å². The molecule has 1 rings (SSSR count). The fraction of sp³-hybridized carbons (Fsp3) is 0.462. The molecule has 0 bridgehead atoms. The molecule has 0 unspecified atom stereocenters. The van der Waals surface area contributed by atoms with Crippen LogP contribution in [-0.4, -0.2) is 29.6 Å². The molecule has 0 radical (unpaired) electrons. The highest BCUT2D eigenvalue weighted by atomic mass is 32.2. The highest BCUT2D eigenvalue weighted by molar-refractivity contribution is 7.98. The highest BCUT2D eigenvalue weighted by Gasteiger charge is 2.06. The zero-order chi connectivity index (χ0) is 12.7. The van der Waals surface area contributed by atoms with E-state index in [0.717, 1.165) is 24.2 Å². The van der Waals surface area contributed by atoms with E-state index in [2.05, 4.69) is 11.6 Å². The van der Waals surface area contributed by atoms with Gasteiger partial charge in [-0.2, -0.15) is 11.8 Å². The molecule has 4 heteroatoms. The van der Waals surface area contributed by atoms with Crippen LogP contribution in [0.4, 0.5) is 0 Å². The average Bonchev–Trinajstić information content (AvgIpc) is 2.32. The maximum atomic E-state index is 11.7. The van der Waals surface area contributed by atoms with Crippen LogP contribution >= 0.6 is 11.8 Å². The van der Waals surface area contributed by atoms with Gasteiger partial charge in [0, 0.05) is 12.1 Å². The minimum atomic E-state index is -0.0720. The van der Waals surface area contributed by atoms with Gasteiger partial charge in [0.05, 0.1) is 0 Å². The van der Waals surface area contributed by atoms with Gasteiger partial charge in [0.15, 0.2) is 0 Å². The number of hydrogen-bond acceptors (Lipinski definition) is 3. The summed E-state index contributed by atoms with van der Waals surface area (Å²) in [7, 11) is 0. The highest BCUT2D eigenvalue weighted by Crippen LogP contribution is 2.16. The van der Waals surface area contributed by atoms with Crippen molar-refractivity contribution in [2.45, 2.75) is 19.8 Å². The number of amides is 1. The molecule has 0 heterocycles. The normalized spacial score (nSPS) is 10.2. The maximum Gasteiger partial charge on any atom is 0.251 e. The fourth-order valence-electron chi connectivity index (χ4n) is 1.47. The molecule has 1 aromatic carbocycles. The minimum absolute atomic E-state index is 0.0720. The van der Waals surface area contributed by atoms with E-state index in [-0.39, 0.29) is 11.7 Å². The summed E-state index contributed by atoms with van der Waals surface area (Å²) in [6.07, 6.45) is 4.21. The second-order valence-corrected chi connectivity index (χ2v) is 4.94. The molecule has 1 aromatic rings. The van der Waals surface area contributed by atoms with Gasteiger partial charge in [0.25, 0.3) is 5.91 Å². The predicted octanol–water partition coefficient (Wildman–Crippen LogP) is 2.57.